The first-order valence-corrected chi connectivity index (χ1v) is 12.7. The van der Waals surface area contributed by atoms with Crippen LogP contribution in [-0.2, 0) is 0 Å². The Kier molecular flexibility index (Phi) is 3.42. The van der Waals surface area contributed by atoms with Crippen LogP contribution in [0.2, 0.25) is 0 Å². The predicted molar refractivity (Wildman–Crippen MR) is 165 cm³/mol. The second kappa shape index (κ2) is 8.72. The Hall–Kier alpha value is -5.14. The van der Waals surface area contributed by atoms with Crippen molar-refractivity contribution >= 4 is 43.5 Å². The first-order valence-electron chi connectivity index (χ1n) is 16.7. The number of benzene rings is 7. The SMILES string of the molecule is [2H]c1c([2H])c([2H])c2c(-c3cc(-c4ccccc4)cc4oc5ccccc5c34)c3c([2H])c([2H])c([2H])c([2H])c3c(-c3ccccc3)c2c1[2H]. The smallest absolute Gasteiger partial charge is 0.136 e. The van der Waals surface area contributed by atoms with Gasteiger partial charge in [-0.3, -0.25) is 0 Å². The number of furan rings is 1. The maximum atomic E-state index is 9.32. The molecule has 0 saturated carbocycles. The summed E-state index contributed by atoms with van der Waals surface area (Å²) in [7, 11) is 0. The highest BCUT2D eigenvalue weighted by molar-refractivity contribution is 6.26. The third kappa shape index (κ3) is 3.41. The van der Waals surface area contributed by atoms with Crippen molar-refractivity contribution in [2.45, 2.75) is 0 Å². The molecule has 0 radical (unpaired) electrons. The van der Waals surface area contributed by atoms with E-state index in [1.54, 1.807) is 24.3 Å². The van der Waals surface area contributed by atoms with Gasteiger partial charge in [0, 0.05) is 10.8 Å². The van der Waals surface area contributed by atoms with Gasteiger partial charge in [-0.2, -0.15) is 0 Å². The summed E-state index contributed by atoms with van der Waals surface area (Å²) in [5.41, 5.74) is 4.55. The summed E-state index contributed by atoms with van der Waals surface area (Å²) in [4.78, 5) is 0. The largest absolute Gasteiger partial charge is 0.456 e. The van der Waals surface area contributed by atoms with Gasteiger partial charge in [0.15, 0.2) is 0 Å². The van der Waals surface area contributed by atoms with Gasteiger partial charge in [0.1, 0.15) is 11.2 Å². The van der Waals surface area contributed by atoms with Gasteiger partial charge in [0.2, 0.25) is 0 Å². The molecule has 1 heterocycles. The van der Waals surface area contributed by atoms with Crippen LogP contribution < -0.4 is 0 Å². The van der Waals surface area contributed by atoms with Crippen molar-refractivity contribution in [2.75, 3.05) is 0 Å². The highest BCUT2D eigenvalue weighted by Gasteiger charge is 2.21. The zero-order valence-electron chi connectivity index (χ0n) is 28.6. The normalized spacial score (nSPS) is 14.5. The highest BCUT2D eigenvalue weighted by atomic mass is 16.3. The minimum Gasteiger partial charge on any atom is -0.456 e. The Balaban J connectivity index is 1.74. The lowest BCUT2D eigenvalue weighted by Gasteiger charge is -2.19. The summed E-state index contributed by atoms with van der Waals surface area (Å²) in [5.74, 6) is 0. The quantitative estimate of drug-likeness (QED) is 0.218. The fourth-order valence-electron chi connectivity index (χ4n) is 5.64. The van der Waals surface area contributed by atoms with E-state index in [4.69, 9.17) is 9.90 Å². The molecule has 0 aliphatic carbocycles. The third-order valence-electron chi connectivity index (χ3n) is 7.29. The van der Waals surface area contributed by atoms with Crippen LogP contribution in [0.5, 0.6) is 0 Å². The summed E-state index contributed by atoms with van der Waals surface area (Å²) in [6.07, 6.45) is 0. The van der Waals surface area contributed by atoms with Crippen molar-refractivity contribution in [1.82, 2.24) is 0 Å². The van der Waals surface area contributed by atoms with Crippen LogP contribution >= 0.6 is 0 Å². The Morgan fingerprint density at radius 2 is 0.974 bits per heavy atom. The summed E-state index contributed by atoms with van der Waals surface area (Å²) < 4.78 is 78.3. The molecule has 39 heavy (non-hydrogen) atoms. The van der Waals surface area contributed by atoms with Gasteiger partial charge in [0.25, 0.3) is 0 Å². The fourth-order valence-corrected chi connectivity index (χ4v) is 5.64. The molecule has 8 aromatic rings. The van der Waals surface area contributed by atoms with Crippen LogP contribution in [-0.4, -0.2) is 0 Å². The predicted octanol–water partition coefficient (Wildman–Crippen LogP) is 10.9. The molecule has 0 unspecified atom stereocenters. The first kappa shape index (κ1) is 15.3. The molecule has 0 amide bonds. The molecule has 182 valence electrons. The van der Waals surface area contributed by atoms with E-state index in [0.717, 1.165) is 16.5 Å². The molecule has 8 rings (SSSR count). The zero-order chi connectivity index (χ0) is 32.7. The van der Waals surface area contributed by atoms with E-state index in [1.165, 1.54) is 0 Å². The van der Waals surface area contributed by atoms with Gasteiger partial charge < -0.3 is 4.42 Å². The topological polar surface area (TPSA) is 13.1 Å². The van der Waals surface area contributed by atoms with Crippen molar-refractivity contribution in [2.24, 2.45) is 0 Å². The average molecular weight is 505 g/mol. The van der Waals surface area contributed by atoms with Crippen molar-refractivity contribution < 1.29 is 15.4 Å². The third-order valence-corrected chi connectivity index (χ3v) is 7.29. The molecule has 7 aromatic carbocycles. The second-order valence-electron chi connectivity index (χ2n) is 9.48. The van der Waals surface area contributed by atoms with Crippen LogP contribution in [0.1, 0.15) is 11.0 Å². The van der Waals surface area contributed by atoms with Gasteiger partial charge >= 0.3 is 0 Å². The molecular weight excluding hydrogens is 472 g/mol. The molecule has 1 aromatic heterocycles. The summed E-state index contributed by atoms with van der Waals surface area (Å²) in [5, 5.41) is 2.15. The van der Waals surface area contributed by atoms with Crippen LogP contribution in [0.3, 0.4) is 0 Å². The van der Waals surface area contributed by atoms with Gasteiger partial charge in [-0.1, -0.05) is 127 Å². The number of hydrogen-bond acceptors (Lipinski definition) is 1. The maximum Gasteiger partial charge on any atom is 0.136 e. The van der Waals surface area contributed by atoms with Crippen molar-refractivity contribution in [3.8, 4) is 33.4 Å². The summed E-state index contributed by atoms with van der Waals surface area (Å²) >= 11 is 0. The number of hydrogen-bond donors (Lipinski definition) is 0. The number of rotatable bonds is 3. The van der Waals surface area contributed by atoms with Gasteiger partial charge in [-0.05, 0) is 73.1 Å². The van der Waals surface area contributed by atoms with E-state index >= 15 is 0 Å². The van der Waals surface area contributed by atoms with E-state index < -0.39 is 24.2 Å². The molecule has 1 heteroatoms. The maximum absolute atomic E-state index is 9.32. The lowest BCUT2D eigenvalue weighted by Crippen LogP contribution is -1.92. The molecule has 0 bridgehead atoms. The molecule has 0 fully saturated rings. The average Bonchev–Trinajstić information content (AvgIpc) is 3.49. The second-order valence-corrected chi connectivity index (χ2v) is 9.48. The molecule has 0 N–H and O–H groups in total. The minimum atomic E-state index is -0.435. The van der Waals surface area contributed by atoms with Gasteiger partial charge in [-0.15, -0.1) is 0 Å². The van der Waals surface area contributed by atoms with Crippen LogP contribution in [0, 0.1) is 0 Å². The lowest BCUT2D eigenvalue weighted by atomic mass is 9.84. The molecular formula is C38H24O. The van der Waals surface area contributed by atoms with Gasteiger partial charge in [-0.25, -0.2) is 0 Å². The van der Waals surface area contributed by atoms with E-state index in [2.05, 4.69) is 0 Å². The molecule has 0 saturated heterocycles. The van der Waals surface area contributed by atoms with E-state index in [0.29, 0.717) is 38.8 Å². The minimum absolute atomic E-state index is 0.171. The standard InChI is InChI=1S/C38H24O/c1-3-13-25(14-4-1)27-23-33(38-32-21-11-12-22-34(32)39-35(38)24-27)37-30-19-9-7-17-28(30)36(26-15-5-2-6-16-26)29-18-8-10-20-31(29)37/h1-24H/i7D,8D,9D,10D,17D,18D,19D,20D. The molecule has 0 atom stereocenters. The summed E-state index contributed by atoms with van der Waals surface area (Å²) in [6, 6.07) is 27.2. The van der Waals surface area contributed by atoms with Crippen LogP contribution in [0.25, 0.3) is 76.9 Å². The molecule has 0 spiro atoms. The van der Waals surface area contributed by atoms with E-state index in [-0.39, 0.29) is 45.7 Å². The Morgan fingerprint density at radius 3 is 1.62 bits per heavy atom. The zero-order valence-corrected chi connectivity index (χ0v) is 20.6. The first-order chi connectivity index (χ1) is 22.7. The Morgan fingerprint density at radius 1 is 0.436 bits per heavy atom. The Labute approximate surface area is 237 Å². The van der Waals surface area contributed by atoms with Crippen LogP contribution in [0.4, 0.5) is 0 Å². The van der Waals surface area contributed by atoms with Crippen molar-refractivity contribution in [3.63, 3.8) is 0 Å². The molecule has 0 aliphatic heterocycles. The van der Waals surface area contributed by atoms with Crippen molar-refractivity contribution in [3.05, 3.63) is 145 Å². The molecule has 1 nitrogen and oxygen atoms in total. The van der Waals surface area contributed by atoms with Crippen LogP contribution in [0.15, 0.2) is 150 Å². The van der Waals surface area contributed by atoms with Crippen molar-refractivity contribution in [1.29, 1.82) is 0 Å². The number of fused-ring (bicyclic) bond motifs is 5. The summed E-state index contributed by atoms with van der Waals surface area (Å²) in [6.45, 7) is 0. The Bertz CT molecular complexity index is 2510. The molecule has 0 aliphatic rings. The van der Waals surface area contributed by atoms with E-state index in [9.17, 15) is 5.48 Å². The monoisotopic (exact) mass is 504 g/mol. The number of para-hydroxylation sites is 1. The lowest BCUT2D eigenvalue weighted by molar-refractivity contribution is 0.669. The fraction of sp³-hybridized carbons (Fsp3) is 0. The van der Waals surface area contributed by atoms with E-state index in [1.807, 2.05) is 72.8 Å². The highest BCUT2D eigenvalue weighted by Crippen LogP contribution is 2.47. The van der Waals surface area contributed by atoms with Gasteiger partial charge in [0.05, 0.1) is 11.0 Å².